The largest absolute Gasteiger partial charge is 0.481 e. The predicted molar refractivity (Wildman–Crippen MR) is 55.6 cm³/mol. The van der Waals surface area contributed by atoms with E-state index in [4.69, 9.17) is 21.4 Å². The van der Waals surface area contributed by atoms with Crippen LogP contribution in [0.15, 0.2) is 0 Å². The number of nitrogens with one attached hydrogen (secondary N) is 1. The molecule has 0 radical (unpaired) electrons. The normalized spacial score (nSPS) is 7.46. The number of hydrogen-bond acceptors (Lipinski definition) is 4. The van der Waals surface area contributed by atoms with Gasteiger partial charge in [0.1, 0.15) is 0 Å². The highest BCUT2D eigenvalue weighted by molar-refractivity contribution is 5.62. The van der Waals surface area contributed by atoms with Crippen molar-refractivity contribution in [1.29, 1.82) is 0 Å². The highest BCUT2D eigenvalue weighted by Gasteiger charge is 1.65. The smallest absolute Gasteiger partial charge is 0.300 e. The first-order valence-corrected chi connectivity index (χ1v) is 4.37. The van der Waals surface area contributed by atoms with Crippen LogP contribution in [0.25, 0.3) is 0 Å². The van der Waals surface area contributed by atoms with Gasteiger partial charge in [-0.25, -0.2) is 0 Å². The predicted octanol–water partition coefficient (Wildman–Crippen LogP) is -0.389. The highest BCUT2D eigenvalue weighted by Crippen LogP contribution is 1.47. The van der Waals surface area contributed by atoms with Crippen LogP contribution in [0.1, 0.15) is 20.8 Å². The number of hydrogen-bond donors (Lipinski definition) is 4. The zero-order chi connectivity index (χ0) is 11.1. The molecule has 0 aliphatic heterocycles. The fraction of sp³-hybridized carbons (Fsp3) is 0.875. The molecule has 0 aliphatic rings. The van der Waals surface area contributed by atoms with Gasteiger partial charge >= 0.3 is 0 Å². The number of carboxylic acids is 1. The number of carboxylic acid groups (broad SMARTS) is 1. The van der Waals surface area contributed by atoms with E-state index < -0.39 is 5.97 Å². The SMILES string of the molecule is CC(=O)O.CCNCC.NCCN. The van der Waals surface area contributed by atoms with Crippen molar-refractivity contribution in [1.82, 2.24) is 5.32 Å². The molecule has 5 heteroatoms. The molecule has 82 valence electrons. The molecule has 5 nitrogen and oxygen atoms in total. The van der Waals surface area contributed by atoms with E-state index in [-0.39, 0.29) is 0 Å². The quantitative estimate of drug-likeness (QED) is 0.489. The summed E-state index contributed by atoms with van der Waals surface area (Å²) in [5.41, 5.74) is 9.81. The van der Waals surface area contributed by atoms with E-state index in [9.17, 15) is 0 Å². The van der Waals surface area contributed by atoms with Crippen molar-refractivity contribution in [2.45, 2.75) is 20.8 Å². The van der Waals surface area contributed by atoms with E-state index in [1.807, 2.05) is 0 Å². The molecule has 0 amide bonds. The molecule has 6 N–H and O–H groups in total. The first-order chi connectivity index (χ1) is 6.06. The number of rotatable bonds is 3. The number of carbonyl (C=O) groups is 1. The van der Waals surface area contributed by atoms with E-state index in [1.54, 1.807) is 0 Å². The van der Waals surface area contributed by atoms with Crippen LogP contribution in [0.3, 0.4) is 0 Å². The minimum atomic E-state index is -0.833. The summed E-state index contributed by atoms with van der Waals surface area (Å²) >= 11 is 0. The third-order valence-corrected chi connectivity index (χ3v) is 0.667. The highest BCUT2D eigenvalue weighted by atomic mass is 16.4. The summed E-state index contributed by atoms with van der Waals surface area (Å²) < 4.78 is 0. The van der Waals surface area contributed by atoms with Crippen LogP contribution in [0.4, 0.5) is 0 Å². The van der Waals surface area contributed by atoms with Crippen LogP contribution >= 0.6 is 0 Å². The molecule has 13 heavy (non-hydrogen) atoms. The molecule has 0 atom stereocenters. The summed E-state index contributed by atoms with van der Waals surface area (Å²) in [4.78, 5) is 9.00. The van der Waals surface area contributed by atoms with Gasteiger partial charge in [0.2, 0.25) is 0 Å². The van der Waals surface area contributed by atoms with Gasteiger partial charge in [-0.05, 0) is 13.1 Å². The molecule has 0 aliphatic carbocycles. The average Bonchev–Trinajstić information content (AvgIpc) is 2.05. The molecule has 0 heterocycles. The molecule has 0 rings (SSSR count). The Labute approximate surface area is 80.5 Å². The molecule has 0 aromatic carbocycles. The second-order valence-electron chi connectivity index (χ2n) is 2.05. The second kappa shape index (κ2) is 22.5. The van der Waals surface area contributed by atoms with Gasteiger partial charge in [0.15, 0.2) is 0 Å². The maximum absolute atomic E-state index is 9.00. The maximum Gasteiger partial charge on any atom is 0.300 e. The summed E-state index contributed by atoms with van der Waals surface area (Å²) in [6.45, 7) is 8.67. The minimum Gasteiger partial charge on any atom is -0.481 e. The van der Waals surface area contributed by atoms with Crippen LogP contribution in [-0.4, -0.2) is 37.3 Å². The first-order valence-electron chi connectivity index (χ1n) is 4.37. The van der Waals surface area contributed by atoms with Crippen LogP contribution in [-0.2, 0) is 4.79 Å². The average molecular weight is 193 g/mol. The Morgan fingerprint density at radius 2 is 1.46 bits per heavy atom. The van der Waals surface area contributed by atoms with Crippen molar-refractivity contribution in [2.24, 2.45) is 11.5 Å². The Kier molecular flexibility index (Phi) is 31.5. The lowest BCUT2D eigenvalue weighted by molar-refractivity contribution is -0.134. The van der Waals surface area contributed by atoms with Crippen LogP contribution in [0.5, 0.6) is 0 Å². The fourth-order valence-corrected chi connectivity index (χ4v) is 0.250. The summed E-state index contributed by atoms with van der Waals surface area (Å²) in [6.07, 6.45) is 0. The molecule has 0 aromatic heterocycles. The van der Waals surface area contributed by atoms with Crippen molar-refractivity contribution in [3.05, 3.63) is 0 Å². The Hall–Kier alpha value is -0.650. The third-order valence-electron chi connectivity index (χ3n) is 0.667. The molecule has 0 fully saturated rings. The number of aliphatic carboxylic acids is 1. The Morgan fingerprint density at radius 1 is 1.23 bits per heavy atom. The lowest BCUT2D eigenvalue weighted by Crippen LogP contribution is -2.11. The van der Waals surface area contributed by atoms with Gasteiger partial charge in [-0.2, -0.15) is 0 Å². The maximum atomic E-state index is 9.00. The Bertz CT molecular complexity index is 81.5. The topological polar surface area (TPSA) is 101 Å². The molecular weight excluding hydrogens is 170 g/mol. The Morgan fingerprint density at radius 3 is 1.46 bits per heavy atom. The van der Waals surface area contributed by atoms with E-state index in [2.05, 4.69) is 19.2 Å². The summed E-state index contributed by atoms with van der Waals surface area (Å²) in [6, 6.07) is 0. The molecule has 0 spiro atoms. The molecule has 0 unspecified atom stereocenters. The van der Waals surface area contributed by atoms with Crippen molar-refractivity contribution >= 4 is 5.97 Å². The van der Waals surface area contributed by atoms with E-state index in [1.165, 1.54) is 0 Å². The van der Waals surface area contributed by atoms with Gasteiger partial charge in [0.05, 0.1) is 0 Å². The van der Waals surface area contributed by atoms with Crippen molar-refractivity contribution < 1.29 is 9.90 Å². The lowest BCUT2D eigenvalue weighted by Gasteiger charge is -1.86. The summed E-state index contributed by atoms with van der Waals surface area (Å²) in [5.74, 6) is -0.833. The molecular formula is C8H23N3O2. The third kappa shape index (κ3) is 180. The lowest BCUT2D eigenvalue weighted by atomic mass is 10.7. The van der Waals surface area contributed by atoms with Gasteiger partial charge in [0, 0.05) is 20.0 Å². The Balaban J connectivity index is -0.000000117. The second-order valence-corrected chi connectivity index (χ2v) is 2.05. The van der Waals surface area contributed by atoms with Crippen LogP contribution in [0, 0.1) is 0 Å². The van der Waals surface area contributed by atoms with Gasteiger partial charge in [-0.15, -0.1) is 0 Å². The fourth-order valence-electron chi connectivity index (χ4n) is 0.250. The summed E-state index contributed by atoms with van der Waals surface area (Å²) in [5, 5.41) is 10.5. The van der Waals surface area contributed by atoms with Crippen LogP contribution in [0.2, 0.25) is 0 Å². The number of nitrogens with two attached hydrogens (primary N) is 2. The molecule has 0 aromatic rings. The zero-order valence-electron chi connectivity index (χ0n) is 8.84. The molecule has 0 saturated carbocycles. The van der Waals surface area contributed by atoms with Crippen molar-refractivity contribution in [2.75, 3.05) is 26.2 Å². The standard InChI is InChI=1S/C4H11N.C2H8N2.C2H4O2/c1-3-5-4-2;3-1-2-4;1-2(3)4/h5H,3-4H2,1-2H3;1-4H2;1H3,(H,3,4). The van der Waals surface area contributed by atoms with Gasteiger partial charge < -0.3 is 21.9 Å². The minimum absolute atomic E-state index is 0.597. The van der Waals surface area contributed by atoms with Gasteiger partial charge in [0.25, 0.3) is 5.97 Å². The van der Waals surface area contributed by atoms with E-state index in [0.29, 0.717) is 13.1 Å². The van der Waals surface area contributed by atoms with E-state index in [0.717, 1.165) is 20.0 Å². The summed E-state index contributed by atoms with van der Waals surface area (Å²) in [7, 11) is 0. The monoisotopic (exact) mass is 193 g/mol. The van der Waals surface area contributed by atoms with Gasteiger partial charge in [-0.1, -0.05) is 13.8 Å². The van der Waals surface area contributed by atoms with Crippen LogP contribution < -0.4 is 16.8 Å². The molecule has 0 saturated heterocycles. The van der Waals surface area contributed by atoms with Crippen molar-refractivity contribution in [3.63, 3.8) is 0 Å². The van der Waals surface area contributed by atoms with Crippen molar-refractivity contribution in [3.8, 4) is 0 Å². The zero-order valence-corrected chi connectivity index (χ0v) is 8.84. The van der Waals surface area contributed by atoms with E-state index >= 15 is 0 Å². The molecule has 0 bridgehead atoms. The first kappa shape index (κ1) is 18.2. The van der Waals surface area contributed by atoms with Gasteiger partial charge in [-0.3, -0.25) is 4.79 Å².